The first-order chi connectivity index (χ1) is 9.26. The summed E-state index contributed by atoms with van der Waals surface area (Å²) in [5.74, 6) is 0.423. The van der Waals surface area contributed by atoms with Crippen LogP contribution in [0.2, 0.25) is 0 Å². The minimum absolute atomic E-state index is 0.0264. The van der Waals surface area contributed by atoms with Gasteiger partial charge in [0.05, 0.1) is 19.0 Å². The molecule has 0 saturated heterocycles. The number of aliphatic hydroxyl groups excluding tert-OH is 1. The Labute approximate surface area is 112 Å². The van der Waals surface area contributed by atoms with E-state index in [2.05, 4.69) is 15.3 Å². The summed E-state index contributed by atoms with van der Waals surface area (Å²) in [4.78, 5) is 22.4. The molecule has 0 bridgehead atoms. The van der Waals surface area contributed by atoms with Gasteiger partial charge < -0.3 is 15.3 Å². The van der Waals surface area contributed by atoms with Crippen molar-refractivity contribution in [3.05, 3.63) is 18.1 Å². The maximum atomic E-state index is 12.5. The van der Waals surface area contributed by atoms with E-state index in [-0.39, 0.29) is 18.6 Å². The van der Waals surface area contributed by atoms with Gasteiger partial charge >= 0.3 is 0 Å². The number of carbonyl (C=O) groups excluding carboxylic acids is 1. The molecule has 0 spiro atoms. The Bertz CT molecular complexity index is 432. The van der Waals surface area contributed by atoms with Crippen molar-refractivity contribution >= 4 is 11.7 Å². The van der Waals surface area contributed by atoms with E-state index >= 15 is 0 Å². The van der Waals surface area contributed by atoms with E-state index in [1.165, 1.54) is 6.20 Å². The van der Waals surface area contributed by atoms with Crippen LogP contribution in [0, 0.1) is 0 Å². The Kier molecular flexibility index (Phi) is 4.68. The second-order valence-electron chi connectivity index (χ2n) is 4.70. The first kappa shape index (κ1) is 13.7. The maximum absolute atomic E-state index is 12.5. The molecule has 1 amide bonds. The highest BCUT2D eigenvalue weighted by molar-refractivity contribution is 5.92. The Morgan fingerprint density at radius 3 is 2.84 bits per heavy atom. The summed E-state index contributed by atoms with van der Waals surface area (Å²) in [5, 5.41) is 12.0. The van der Waals surface area contributed by atoms with Crippen molar-refractivity contribution < 1.29 is 9.90 Å². The average molecular weight is 264 g/mol. The van der Waals surface area contributed by atoms with Crippen LogP contribution < -0.4 is 5.32 Å². The number of aromatic nitrogens is 2. The zero-order valence-electron chi connectivity index (χ0n) is 11.2. The fraction of sp³-hybridized carbons (Fsp3) is 0.615. The van der Waals surface area contributed by atoms with Crippen LogP contribution in [0.15, 0.2) is 12.4 Å². The van der Waals surface area contributed by atoms with Crippen molar-refractivity contribution in [3.63, 3.8) is 0 Å². The molecule has 1 aliphatic carbocycles. The Morgan fingerprint density at radius 1 is 1.47 bits per heavy atom. The molecule has 2 N–H and O–H groups in total. The van der Waals surface area contributed by atoms with E-state index in [1.54, 1.807) is 18.1 Å². The van der Waals surface area contributed by atoms with Gasteiger partial charge in [-0.2, -0.15) is 0 Å². The summed E-state index contributed by atoms with van der Waals surface area (Å²) >= 11 is 0. The Morgan fingerprint density at radius 2 is 2.21 bits per heavy atom. The normalized spacial score (nSPS) is 15.5. The van der Waals surface area contributed by atoms with E-state index in [1.807, 2.05) is 0 Å². The molecule has 1 fully saturated rings. The molecular formula is C13H20N4O2. The molecule has 1 heterocycles. The molecule has 2 rings (SSSR count). The van der Waals surface area contributed by atoms with E-state index in [0.717, 1.165) is 25.7 Å². The van der Waals surface area contributed by atoms with Crippen molar-refractivity contribution in [2.75, 3.05) is 25.5 Å². The van der Waals surface area contributed by atoms with Crippen LogP contribution in [0.3, 0.4) is 0 Å². The first-order valence-corrected chi connectivity index (χ1v) is 6.68. The van der Waals surface area contributed by atoms with Crippen LogP contribution in [-0.2, 0) is 0 Å². The monoisotopic (exact) mass is 264 g/mol. The number of amides is 1. The fourth-order valence-electron chi connectivity index (χ4n) is 2.51. The number of hydrogen-bond donors (Lipinski definition) is 2. The molecule has 0 aliphatic heterocycles. The number of nitrogens with one attached hydrogen (secondary N) is 1. The number of anilines is 1. The summed E-state index contributed by atoms with van der Waals surface area (Å²) in [5.41, 5.74) is 0.326. The zero-order valence-corrected chi connectivity index (χ0v) is 11.2. The van der Waals surface area contributed by atoms with Crippen LogP contribution in [0.25, 0.3) is 0 Å². The van der Waals surface area contributed by atoms with E-state index in [4.69, 9.17) is 5.11 Å². The molecule has 19 heavy (non-hydrogen) atoms. The SMILES string of the molecule is CNc1cncc(C(=O)N(CCO)C2CCCC2)n1. The van der Waals surface area contributed by atoms with Gasteiger partial charge in [0.2, 0.25) is 0 Å². The molecule has 1 aromatic rings. The lowest BCUT2D eigenvalue weighted by Crippen LogP contribution is -2.41. The van der Waals surface area contributed by atoms with Crippen LogP contribution in [0.5, 0.6) is 0 Å². The maximum Gasteiger partial charge on any atom is 0.274 e. The number of rotatable bonds is 5. The van der Waals surface area contributed by atoms with Gasteiger partial charge in [0.25, 0.3) is 5.91 Å². The third kappa shape index (κ3) is 3.20. The smallest absolute Gasteiger partial charge is 0.274 e. The van der Waals surface area contributed by atoms with Gasteiger partial charge in [0, 0.05) is 19.6 Å². The summed E-state index contributed by atoms with van der Waals surface area (Å²) in [6, 6.07) is 0.222. The van der Waals surface area contributed by atoms with Crippen molar-refractivity contribution in [1.82, 2.24) is 14.9 Å². The molecule has 0 radical (unpaired) electrons. The number of carbonyl (C=O) groups is 1. The molecular weight excluding hydrogens is 244 g/mol. The second-order valence-corrected chi connectivity index (χ2v) is 4.70. The van der Waals surface area contributed by atoms with Gasteiger partial charge in [-0.25, -0.2) is 4.98 Å². The Hall–Kier alpha value is -1.69. The van der Waals surface area contributed by atoms with Crippen LogP contribution in [-0.4, -0.2) is 52.1 Å². The molecule has 6 nitrogen and oxygen atoms in total. The molecule has 0 aromatic carbocycles. The lowest BCUT2D eigenvalue weighted by atomic mass is 10.2. The standard InChI is InChI=1S/C13H20N4O2/c1-14-12-9-15-8-11(16-12)13(19)17(6-7-18)10-4-2-3-5-10/h8-10,18H,2-7H2,1H3,(H,14,16). The number of aliphatic hydroxyl groups is 1. The van der Waals surface area contributed by atoms with E-state index in [0.29, 0.717) is 18.1 Å². The summed E-state index contributed by atoms with van der Waals surface area (Å²) in [6.07, 6.45) is 7.34. The lowest BCUT2D eigenvalue weighted by Gasteiger charge is -2.27. The topological polar surface area (TPSA) is 78.4 Å². The fourth-order valence-corrected chi connectivity index (χ4v) is 2.51. The summed E-state index contributed by atoms with van der Waals surface area (Å²) < 4.78 is 0. The van der Waals surface area contributed by atoms with Gasteiger partial charge in [-0.1, -0.05) is 12.8 Å². The highest BCUT2D eigenvalue weighted by Gasteiger charge is 2.27. The first-order valence-electron chi connectivity index (χ1n) is 6.68. The van der Waals surface area contributed by atoms with Gasteiger partial charge in [-0.15, -0.1) is 0 Å². The molecule has 1 saturated carbocycles. The molecule has 6 heteroatoms. The predicted octanol–water partition coefficient (Wildman–Crippen LogP) is 0.895. The molecule has 1 aromatic heterocycles. The predicted molar refractivity (Wildman–Crippen MR) is 72.0 cm³/mol. The van der Waals surface area contributed by atoms with Crippen LogP contribution in [0.1, 0.15) is 36.2 Å². The summed E-state index contributed by atoms with van der Waals surface area (Å²) in [6.45, 7) is 0.330. The molecule has 1 aliphatic rings. The minimum atomic E-state index is -0.148. The quantitative estimate of drug-likeness (QED) is 0.826. The minimum Gasteiger partial charge on any atom is -0.395 e. The molecule has 0 atom stereocenters. The van der Waals surface area contributed by atoms with Crippen LogP contribution in [0.4, 0.5) is 5.82 Å². The van der Waals surface area contributed by atoms with Gasteiger partial charge in [-0.05, 0) is 12.8 Å². The lowest BCUT2D eigenvalue weighted by molar-refractivity contribution is 0.0631. The van der Waals surface area contributed by atoms with Gasteiger partial charge in [0.1, 0.15) is 11.5 Å². The van der Waals surface area contributed by atoms with Crippen molar-refractivity contribution in [2.24, 2.45) is 0 Å². The Balaban J connectivity index is 2.17. The summed E-state index contributed by atoms with van der Waals surface area (Å²) in [7, 11) is 1.74. The third-order valence-corrected chi connectivity index (χ3v) is 3.48. The molecule has 104 valence electrons. The van der Waals surface area contributed by atoms with Crippen molar-refractivity contribution in [3.8, 4) is 0 Å². The molecule has 0 unspecified atom stereocenters. The number of hydrogen-bond acceptors (Lipinski definition) is 5. The highest BCUT2D eigenvalue weighted by Crippen LogP contribution is 2.24. The van der Waals surface area contributed by atoms with Gasteiger partial charge in [0.15, 0.2) is 0 Å². The van der Waals surface area contributed by atoms with E-state index in [9.17, 15) is 4.79 Å². The van der Waals surface area contributed by atoms with Crippen molar-refractivity contribution in [2.45, 2.75) is 31.7 Å². The average Bonchev–Trinajstić information content (AvgIpc) is 2.98. The second kappa shape index (κ2) is 6.47. The van der Waals surface area contributed by atoms with Gasteiger partial charge in [-0.3, -0.25) is 9.78 Å². The van der Waals surface area contributed by atoms with E-state index < -0.39 is 0 Å². The number of nitrogens with zero attached hydrogens (tertiary/aromatic N) is 3. The third-order valence-electron chi connectivity index (χ3n) is 3.48. The zero-order chi connectivity index (χ0) is 13.7. The van der Waals surface area contributed by atoms with Crippen molar-refractivity contribution in [1.29, 1.82) is 0 Å². The highest BCUT2D eigenvalue weighted by atomic mass is 16.3. The van der Waals surface area contributed by atoms with Crippen LogP contribution >= 0.6 is 0 Å². The largest absolute Gasteiger partial charge is 0.395 e.